The Morgan fingerprint density at radius 3 is 2.32 bits per heavy atom. The highest BCUT2D eigenvalue weighted by molar-refractivity contribution is 9.10. The maximum atomic E-state index is 12.5. The highest BCUT2D eigenvalue weighted by Crippen LogP contribution is 2.19. The molecule has 0 aliphatic rings. The minimum absolute atomic E-state index is 0.199. The number of benzene rings is 3. The molecule has 0 radical (unpaired) electrons. The number of nitrogens with zero attached hydrogens (tertiary/aromatic N) is 1. The molecule has 0 saturated heterocycles. The number of halogens is 2. The Hall–Kier alpha value is -2.64. The van der Waals surface area contributed by atoms with Crippen molar-refractivity contribution in [1.29, 1.82) is 0 Å². The Morgan fingerprint density at radius 2 is 1.65 bits per heavy atom. The first-order valence-corrected chi connectivity index (χ1v) is 11.4. The van der Waals surface area contributed by atoms with E-state index in [4.69, 9.17) is 4.74 Å². The van der Waals surface area contributed by atoms with Crippen LogP contribution in [0.15, 0.2) is 86.8 Å². The second-order valence-electron chi connectivity index (χ2n) is 6.80. The van der Waals surface area contributed by atoms with Gasteiger partial charge in [0.05, 0.1) is 6.21 Å². The number of ether oxygens (including phenoxy) is 1. The fourth-order valence-electron chi connectivity index (χ4n) is 2.80. The zero-order chi connectivity index (χ0) is 22.1. The van der Waals surface area contributed by atoms with Gasteiger partial charge < -0.3 is 10.1 Å². The molecule has 0 aliphatic heterocycles. The number of carbonyl (C=O) groups is 1. The lowest BCUT2D eigenvalue weighted by Gasteiger charge is -2.16. The summed E-state index contributed by atoms with van der Waals surface area (Å²) in [6.07, 6.45) is 2.23. The van der Waals surface area contributed by atoms with Gasteiger partial charge >= 0.3 is 0 Å². The van der Waals surface area contributed by atoms with Gasteiger partial charge in [-0.2, -0.15) is 5.10 Å². The summed E-state index contributed by atoms with van der Waals surface area (Å²) >= 11 is 6.84. The lowest BCUT2D eigenvalue weighted by molar-refractivity contribution is -0.121. The quantitative estimate of drug-likeness (QED) is 0.251. The van der Waals surface area contributed by atoms with Crippen molar-refractivity contribution in [3.8, 4) is 5.75 Å². The first-order chi connectivity index (χ1) is 15.0. The molecule has 0 aromatic heterocycles. The maximum absolute atomic E-state index is 12.5. The summed E-state index contributed by atoms with van der Waals surface area (Å²) in [7, 11) is 0. The molecular formula is C24H23Br2N3O2. The van der Waals surface area contributed by atoms with Gasteiger partial charge in [0, 0.05) is 20.2 Å². The van der Waals surface area contributed by atoms with Gasteiger partial charge in [0.1, 0.15) is 18.4 Å². The SMILES string of the molecule is CC[C@@H](Nc1ccc(Br)cc1)C(=O)NN=Cc1ccccc1OCc1ccc(Br)cc1. The molecule has 7 heteroatoms. The lowest BCUT2D eigenvalue weighted by Crippen LogP contribution is -2.36. The number of carbonyl (C=O) groups excluding carboxylic acids is 1. The van der Waals surface area contributed by atoms with E-state index in [-0.39, 0.29) is 11.9 Å². The minimum Gasteiger partial charge on any atom is -0.488 e. The van der Waals surface area contributed by atoms with E-state index >= 15 is 0 Å². The van der Waals surface area contributed by atoms with E-state index in [9.17, 15) is 4.79 Å². The van der Waals surface area contributed by atoms with Crippen LogP contribution in [0.4, 0.5) is 5.69 Å². The average molecular weight is 545 g/mol. The van der Waals surface area contributed by atoms with Crippen LogP contribution in [0.5, 0.6) is 5.75 Å². The van der Waals surface area contributed by atoms with Crippen molar-refractivity contribution >= 4 is 49.7 Å². The van der Waals surface area contributed by atoms with Gasteiger partial charge in [-0.05, 0) is 60.5 Å². The van der Waals surface area contributed by atoms with Crippen LogP contribution in [-0.4, -0.2) is 18.2 Å². The Labute approximate surface area is 199 Å². The van der Waals surface area contributed by atoms with E-state index in [0.29, 0.717) is 18.8 Å². The molecule has 0 spiro atoms. The second kappa shape index (κ2) is 11.7. The molecule has 1 atom stereocenters. The molecule has 0 heterocycles. The van der Waals surface area contributed by atoms with Crippen LogP contribution in [0, 0.1) is 0 Å². The maximum Gasteiger partial charge on any atom is 0.262 e. The topological polar surface area (TPSA) is 62.7 Å². The molecule has 0 saturated carbocycles. The van der Waals surface area contributed by atoms with Gasteiger partial charge in [0.2, 0.25) is 0 Å². The van der Waals surface area contributed by atoms with Gasteiger partial charge in [-0.25, -0.2) is 5.43 Å². The van der Waals surface area contributed by atoms with Crippen molar-refractivity contribution in [2.45, 2.75) is 26.0 Å². The molecule has 0 fully saturated rings. The van der Waals surface area contributed by atoms with Gasteiger partial charge in [-0.15, -0.1) is 0 Å². The molecule has 3 aromatic rings. The van der Waals surface area contributed by atoms with Crippen LogP contribution in [0.1, 0.15) is 24.5 Å². The zero-order valence-corrected chi connectivity index (χ0v) is 20.2. The Bertz CT molecular complexity index is 1020. The highest BCUT2D eigenvalue weighted by Gasteiger charge is 2.15. The third kappa shape index (κ3) is 7.22. The van der Waals surface area contributed by atoms with E-state index in [0.717, 1.165) is 25.8 Å². The van der Waals surface area contributed by atoms with Crippen molar-refractivity contribution in [3.63, 3.8) is 0 Å². The van der Waals surface area contributed by atoms with Gasteiger partial charge in [-0.3, -0.25) is 4.79 Å². The minimum atomic E-state index is -0.387. The number of nitrogens with one attached hydrogen (secondary N) is 2. The van der Waals surface area contributed by atoms with E-state index in [2.05, 4.69) is 47.7 Å². The number of para-hydroxylation sites is 1. The van der Waals surface area contributed by atoms with E-state index in [1.165, 1.54) is 0 Å². The number of rotatable bonds is 9. The van der Waals surface area contributed by atoms with Crippen LogP contribution in [0.3, 0.4) is 0 Å². The summed E-state index contributed by atoms with van der Waals surface area (Å²) in [5, 5.41) is 7.36. The molecule has 3 aromatic carbocycles. The van der Waals surface area contributed by atoms with Crippen LogP contribution in [0.2, 0.25) is 0 Å². The number of hydrogen-bond donors (Lipinski definition) is 2. The number of anilines is 1. The molecule has 31 heavy (non-hydrogen) atoms. The van der Waals surface area contributed by atoms with Crippen LogP contribution in [-0.2, 0) is 11.4 Å². The first-order valence-electron chi connectivity index (χ1n) is 9.86. The smallest absolute Gasteiger partial charge is 0.262 e. The number of amides is 1. The largest absolute Gasteiger partial charge is 0.488 e. The second-order valence-corrected chi connectivity index (χ2v) is 8.63. The highest BCUT2D eigenvalue weighted by atomic mass is 79.9. The molecular weight excluding hydrogens is 522 g/mol. The monoisotopic (exact) mass is 543 g/mol. The summed E-state index contributed by atoms with van der Waals surface area (Å²) < 4.78 is 7.96. The third-order valence-corrected chi connectivity index (χ3v) is 5.57. The molecule has 5 nitrogen and oxygen atoms in total. The molecule has 1 amide bonds. The Morgan fingerprint density at radius 1 is 1.00 bits per heavy atom. The summed E-state index contributed by atoms with van der Waals surface area (Å²) in [5.74, 6) is 0.498. The van der Waals surface area contributed by atoms with Gasteiger partial charge in [0.25, 0.3) is 5.91 Å². The van der Waals surface area contributed by atoms with Crippen molar-refractivity contribution in [2.75, 3.05) is 5.32 Å². The van der Waals surface area contributed by atoms with Crippen molar-refractivity contribution < 1.29 is 9.53 Å². The van der Waals surface area contributed by atoms with Crippen LogP contribution in [0.25, 0.3) is 0 Å². The summed E-state index contributed by atoms with van der Waals surface area (Å²) in [6.45, 7) is 2.39. The van der Waals surface area contributed by atoms with E-state index in [1.807, 2.05) is 79.7 Å². The summed E-state index contributed by atoms with van der Waals surface area (Å²) in [5.41, 5.74) is 5.34. The Balaban J connectivity index is 1.58. The third-order valence-electron chi connectivity index (χ3n) is 4.51. The standard InChI is InChI=1S/C24H23Br2N3O2/c1-2-22(28-21-13-11-20(26)12-14-21)24(30)29-27-15-18-5-3-4-6-23(18)31-16-17-7-9-19(25)10-8-17/h3-15,22,28H,2,16H2,1H3,(H,29,30)/t22-/m1/s1. The van der Waals surface area contributed by atoms with Crippen molar-refractivity contribution in [3.05, 3.63) is 92.9 Å². The van der Waals surface area contributed by atoms with Crippen molar-refractivity contribution in [2.24, 2.45) is 5.10 Å². The predicted octanol–water partition coefficient (Wildman–Crippen LogP) is 6.13. The Kier molecular flexibility index (Phi) is 8.67. The number of hydrogen-bond acceptors (Lipinski definition) is 4. The zero-order valence-electron chi connectivity index (χ0n) is 17.0. The number of hydrazone groups is 1. The average Bonchev–Trinajstić information content (AvgIpc) is 2.79. The first kappa shape index (κ1) is 23.0. The molecule has 2 N–H and O–H groups in total. The lowest BCUT2D eigenvalue weighted by atomic mass is 10.2. The molecule has 0 bridgehead atoms. The van der Waals surface area contributed by atoms with E-state index < -0.39 is 0 Å². The van der Waals surface area contributed by atoms with Crippen LogP contribution < -0.4 is 15.5 Å². The molecule has 3 rings (SSSR count). The summed E-state index contributed by atoms with van der Waals surface area (Å²) in [4.78, 5) is 12.5. The van der Waals surface area contributed by atoms with Gasteiger partial charge in [-0.1, -0.05) is 63.0 Å². The molecule has 0 unspecified atom stereocenters. The van der Waals surface area contributed by atoms with E-state index in [1.54, 1.807) is 6.21 Å². The predicted molar refractivity (Wildman–Crippen MR) is 132 cm³/mol. The van der Waals surface area contributed by atoms with Crippen LogP contribution >= 0.6 is 31.9 Å². The van der Waals surface area contributed by atoms with Crippen molar-refractivity contribution in [1.82, 2.24) is 5.43 Å². The molecule has 0 aliphatic carbocycles. The summed E-state index contributed by atoms with van der Waals surface area (Å²) in [6, 6.07) is 22.9. The fourth-order valence-corrected chi connectivity index (χ4v) is 3.33. The fraction of sp³-hybridized carbons (Fsp3) is 0.167. The normalized spacial score (nSPS) is 11.8. The van der Waals surface area contributed by atoms with Gasteiger partial charge in [0.15, 0.2) is 0 Å². The molecule has 160 valence electrons.